The van der Waals surface area contributed by atoms with Crippen LogP contribution in [0.3, 0.4) is 0 Å². The molecule has 0 heterocycles. The monoisotopic (exact) mass is 180 g/mol. The minimum atomic E-state index is 0.0866. The summed E-state index contributed by atoms with van der Waals surface area (Å²) in [5.41, 5.74) is 1.18. The first-order valence-electron chi connectivity index (χ1n) is 4.66. The molecular formula is C11H16O2. The van der Waals surface area contributed by atoms with Crippen molar-refractivity contribution in [3.63, 3.8) is 0 Å². The molecule has 1 N–H and O–H groups in total. The van der Waals surface area contributed by atoms with Gasteiger partial charge in [0.1, 0.15) is 0 Å². The Morgan fingerprint density at radius 1 is 1.31 bits per heavy atom. The second-order valence-corrected chi connectivity index (χ2v) is 2.90. The van der Waals surface area contributed by atoms with E-state index in [2.05, 4.69) is 6.92 Å². The Kier molecular flexibility index (Phi) is 4.50. The number of aliphatic hydroxyl groups is 1. The first-order valence-corrected chi connectivity index (χ1v) is 4.66. The SMILES string of the molecule is CC[C@H](OCCO)c1ccccc1. The third-order valence-electron chi connectivity index (χ3n) is 1.95. The van der Waals surface area contributed by atoms with Gasteiger partial charge >= 0.3 is 0 Å². The molecular weight excluding hydrogens is 164 g/mol. The Morgan fingerprint density at radius 2 is 2.00 bits per heavy atom. The zero-order chi connectivity index (χ0) is 9.52. The summed E-state index contributed by atoms with van der Waals surface area (Å²) in [6, 6.07) is 10.1. The molecule has 0 unspecified atom stereocenters. The molecule has 1 rings (SSSR count). The van der Waals surface area contributed by atoms with Crippen molar-refractivity contribution in [3.05, 3.63) is 35.9 Å². The van der Waals surface area contributed by atoms with Gasteiger partial charge in [0.25, 0.3) is 0 Å². The molecule has 0 saturated heterocycles. The third kappa shape index (κ3) is 3.17. The Hall–Kier alpha value is -0.860. The average molecular weight is 180 g/mol. The topological polar surface area (TPSA) is 29.5 Å². The molecule has 1 aromatic carbocycles. The fourth-order valence-corrected chi connectivity index (χ4v) is 1.31. The minimum Gasteiger partial charge on any atom is -0.394 e. The summed E-state index contributed by atoms with van der Waals surface area (Å²) < 4.78 is 5.48. The number of rotatable bonds is 5. The number of hydrogen-bond acceptors (Lipinski definition) is 2. The summed E-state index contributed by atoms with van der Waals surface area (Å²) in [6.45, 7) is 2.58. The molecule has 72 valence electrons. The Balaban J connectivity index is 2.56. The second-order valence-electron chi connectivity index (χ2n) is 2.90. The van der Waals surface area contributed by atoms with Crippen molar-refractivity contribution in [1.29, 1.82) is 0 Å². The van der Waals surface area contributed by atoms with Gasteiger partial charge in [0.15, 0.2) is 0 Å². The summed E-state index contributed by atoms with van der Waals surface area (Å²) in [6.07, 6.45) is 1.05. The van der Waals surface area contributed by atoms with Crippen LogP contribution in [0.1, 0.15) is 25.0 Å². The van der Waals surface area contributed by atoms with Gasteiger partial charge in [-0.25, -0.2) is 0 Å². The molecule has 0 aliphatic rings. The van der Waals surface area contributed by atoms with E-state index in [9.17, 15) is 0 Å². The van der Waals surface area contributed by atoms with Crippen molar-refractivity contribution >= 4 is 0 Å². The standard InChI is InChI=1S/C11H16O2/c1-2-11(13-9-8-12)10-6-4-3-5-7-10/h3-7,11-12H,2,8-9H2,1H3/t11-/m0/s1. The van der Waals surface area contributed by atoms with Crippen LogP contribution in [-0.2, 0) is 4.74 Å². The van der Waals surface area contributed by atoms with E-state index in [0.717, 1.165) is 6.42 Å². The van der Waals surface area contributed by atoms with Crippen molar-refractivity contribution in [2.75, 3.05) is 13.2 Å². The molecule has 0 radical (unpaired) electrons. The summed E-state index contributed by atoms with van der Waals surface area (Å²) >= 11 is 0. The number of ether oxygens (including phenoxy) is 1. The zero-order valence-electron chi connectivity index (χ0n) is 7.94. The maximum absolute atomic E-state index is 8.63. The Labute approximate surface area is 79.2 Å². The summed E-state index contributed by atoms with van der Waals surface area (Å²) in [5, 5.41) is 8.63. The Bertz CT molecular complexity index is 221. The molecule has 0 bridgehead atoms. The van der Waals surface area contributed by atoms with Gasteiger partial charge in [-0.15, -0.1) is 0 Å². The lowest BCUT2D eigenvalue weighted by Gasteiger charge is -2.15. The largest absolute Gasteiger partial charge is 0.394 e. The van der Waals surface area contributed by atoms with Crippen LogP contribution in [0, 0.1) is 0 Å². The van der Waals surface area contributed by atoms with Gasteiger partial charge in [-0.1, -0.05) is 37.3 Å². The van der Waals surface area contributed by atoms with Crippen LogP contribution in [0.2, 0.25) is 0 Å². The highest BCUT2D eigenvalue weighted by Gasteiger charge is 2.07. The number of aliphatic hydroxyl groups excluding tert-OH is 1. The second kappa shape index (κ2) is 5.73. The fraction of sp³-hybridized carbons (Fsp3) is 0.455. The van der Waals surface area contributed by atoms with Gasteiger partial charge in [0, 0.05) is 0 Å². The van der Waals surface area contributed by atoms with Crippen LogP contribution in [0.25, 0.3) is 0 Å². The van der Waals surface area contributed by atoms with Crippen molar-refractivity contribution in [1.82, 2.24) is 0 Å². The van der Waals surface area contributed by atoms with Crippen LogP contribution in [0.15, 0.2) is 30.3 Å². The predicted octanol–water partition coefficient (Wildman–Crippen LogP) is 2.15. The minimum absolute atomic E-state index is 0.0866. The summed E-state index contributed by atoms with van der Waals surface area (Å²) in [5.74, 6) is 0. The fourth-order valence-electron chi connectivity index (χ4n) is 1.31. The van der Waals surface area contributed by atoms with Gasteiger partial charge in [-0.2, -0.15) is 0 Å². The molecule has 1 atom stereocenters. The molecule has 0 aromatic heterocycles. The average Bonchev–Trinajstić information content (AvgIpc) is 2.21. The van der Waals surface area contributed by atoms with Crippen LogP contribution < -0.4 is 0 Å². The maximum atomic E-state index is 8.63. The highest BCUT2D eigenvalue weighted by molar-refractivity contribution is 5.17. The molecule has 2 heteroatoms. The zero-order valence-corrected chi connectivity index (χ0v) is 7.94. The van der Waals surface area contributed by atoms with Gasteiger partial charge in [0.2, 0.25) is 0 Å². The van der Waals surface area contributed by atoms with E-state index in [4.69, 9.17) is 9.84 Å². The van der Waals surface area contributed by atoms with Crippen LogP contribution in [0.4, 0.5) is 0 Å². The van der Waals surface area contributed by atoms with Crippen molar-refractivity contribution in [3.8, 4) is 0 Å². The number of benzene rings is 1. The lowest BCUT2D eigenvalue weighted by Crippen LogP contribution is -2.06. The molecule has 0 spiro atoms. The Morgan fingerprint density at radius 3 is 2.54 bits per heavy atom. The quantitative estimate of drug-likeness (QED) is 0.752. The van der Waals surface area contributed by atoms with E-state index in [0.29, 0.717) is 6.61 Å². The maximum Gasteiger partial charge on any atom is 0.0823 e. The summed E-state index contributed by atoms with van der Waals surface area (Å²) in [4.78, 5) is 0. The third-order valence-corrected chi connectivity index (χ3v) is 1.95. The van der Waals surface area contributed by atoms with Crippen molar-refractivity contribution in [2.24, 2.45) is 0 Å². The normalized spacial score (nSPS) is 12.8. The van der Waals surface area contributed by atoms with E-state index in [1.807, 2.05) is 30.3 Å². The van der Waals surface area contributed by atoms with E-state index < -0.39 is 0 Å². The van der Waals surface area contributed by atoms with Gasteiger partial charge in [0.05, 0.1) is 19.3 Å². The lowest BCUT2D eigenvalue weighted by atomic mass is 10.1. The van der Waals surface area contributed by atoms with Crippen molar-refractivity contribution < 1.29 is 9.84 Å². The first-order chi connectivity index (χ1) is 6.38. The molecule has 0 saturated carbocycles. The first kappa shape index (κ1) is 10.2. The van der Waals surface area contributed by atoms with E-state index >= 15 is 0 Å². The van der Waals surface area contributed by atoms with Gasteiger partial charge < -0.3 is 9.84 Å². The van der Waals surface area contributed by atoms with Crippen LogP contribution in [0.5, 0.6) is 0 Å². The van der Waals surface area contributed by atoms with E-state index in [1.165, 1.54) is 5.56 Å². The highest BCUT2D eigenvalue weighted by atomic mass is 16.5. The molecule has 1 aromatic rings. The van der Waals surface area contributed by atoms with Crippen LogP contribution >= 0.6 is 0 Å². The molecule has 0 amide bonds. The van der Waals surface area contributed by atoms with Gasteiger partial charge in [-0.3, -0.25) is 0 Å². The molecule has 2 nitrogen and oxygen atoms in total. The predicted molar refractivity (Wildman–Crippen MR) is 52.5 cm³/mol. The lowest BCUT2D eigenvalue weighted by molar-refractivity contribution is 0.0257. The molecule has 0 fully saturated rings. The highest BCUT2D eigenvalue weighted by Crippen LogP contribution is 2.19. The van der Waals surface area contributed by atoms with Crippen LogP contribution in [-0.4, -0.2) is 18.3 Å². The van der Waals surface area contributed by atoms with E-state index in [1.54, 1.807) is 0 Å². The molecule has 13 heavy (non-hydrogen) atoms. The van der Waals surface area contributed by atoms with E-state index in [-0.39, 0.29) is 12.7 Å². The molecule has 0 aliphatic carbocycles. The molecule has 0 aliphatic heterocycles. The summed E-state index contributed by atoms with van der Waals surface area (Å²) in [7, 11) is 0. The smallest absolute Gasteiger partial charge is 0.0823 e. The number of hydrogen-bond donors (Lipinski definition) is 1. The van der Waals surface area contributed by atoms with Gasteiger partial charge in [-0.05, 0) is 12.0 Å². The van der Waals surface area contributed by atoms with Crippen molar-refractivity contribution in [2.45, 2.75) is 19.4 Å².